The third kappa shape index (κ3) is 2.15. The van der Waals surface area contributed by atoms with Gasteiger partial charge in [0.1, 0.15) is 0 Å². The Labute approximate surface area is 88.9 Å². The van der Waals surface area contributed by atoms with Crippen LogP contribution < -0.4 is 5.32 Å². The van der Waals surface area contributed by atoms with Gasteiger partial charge in [-0.1, -0.05) is 24.9 Å². The van der Waals surface area contributed by atoms with Crippen molar-refractivity contribution < 1.29 is 0 Å². The molecule has 0 aromatic carbocycles. The van der Waals surface area contributed by atoms with Crippen LogP contribution in [-0.2, 0) is 0 Å². The van der Waals surface area contributed by atoms with Crippen molar-refractivity contribution in [2.75, 3.05) is 5.32 Å². The van der Waals surface area contributed by atoms with Gasteiger partial charge >= 0.3 is 0 Å². The number of nitrogens with one attached hydrogen (secondary N) is 1. The topological polar surface area (TPSA) is 37.8 Å². The fourth-order valence-corrected chi connectivity index (χ4v) is 2.01. The van der Waals surface area contributed by atoms with Crippen molar-refractivity contribution in [3.63, 3.8) is 0 Å². The maximum Gasteiger partial charge on any atom is 0.222 e. The second kappa shape index (κ2) is 4.13. The lowest BCUT2D eigenvalue weighted by Gasteiger charge is -2.16. The summed E-state index contributed by atoms with van der Waals surface area (Å²) in [5.74, 6) is 1.41. The average molecular weight is 212 g/mol. The standard InChI is InChI=1S/C10H14ClN3/c1-7-3-2-4-9(7)14-10-12-5-8(11)6-13-10/h5-7,9H,2-4H2,1H3,(H,12,13,14). The molecule has 0 aliphatic heterocycles. The van der Waals surface area contributed by atoms with E-state index in [2.05, 4.69) is 22.2 Å². The van der Waals surface area contributed by atoms with Crippen LogP contribution in [-0.4, -0.2) is 16.0 Å². The molecule has 14 heavy (non-hydrogen) atoms. The van der Waals surface area contributed by atoms with E-state index >= 15 is 0 Å². The monoisotopic (exact) mass is 211 g/mol. The molecule has 1 aromatic heterocycles. The summed E-state index contributed by atoms with van der Waals surface area (Å²) in [5.41, 5.74) is 0. The molecule has 2 unspecified atom stereocenters. The molecule has 4 heteroatoms. The van der Waals surface area contributed by atoms with Gasteiger partial charge in [0.25, 0.3) is 0 Å². The van der Waals surface area contributed by atoms with Crippen molar-refractivity contribution in [2.24, 2.45) is 5.92 Å². The highest BCUT2D eigenvalue weighted by atomic mass is 35.5. The van der Waals surface area contributed by atoms with Crippen molar-refractivity contribution in [3.8, 4) is 0 Å². The molecule has 1 aliphatic rings. The smallest absolute Gasteiger partial charge is 0.222 e. The third-order valence-corrected chi connectivity index (χ3v) is 2.99. The molecule has 1 N–H and O–H groups in total. The molecule has 0 bridgehead atoms. The first-order valence-corrected chi connectivity index (χ1v) is 5.37. The highest BCUT2D eigenvalue weighted by Gasteiger charge is 2.23. The van der Waals surface area contributed by atoms with E-state index in [0.29, 0.717) is 22.9 Å². The van der Waals surface area contributed by atoms with E-state index in [1.54, 1.807) is 12.4 Å². The van der Waals surface area contributed by atoms with Gasteiger partial charge in [0.05, 0.1) is 17.4 Å². The minimum absolute atomic E-state index is 0.524. The summed E-state index contributed by atoms with van der Waals surface area (Å²) in [6, 6.07) is 0.524. The largest absolute Gasteiger partial charge is 0.351 e. The normalized spacial score (nSPS) is 26.4. The number of anilines is 1. The van der Waals surface area contributed by atoms with Crippen LogP contribution in [0.1, 0.15) is 26.2 Å². The molecule has 0 radical (unpaired) electrons. The molecule has 76 valence electrons. The second-order valence-corrected chi connectivity index (χ2v) is 4.32. The summed E-state index contributed by atoms with van der Waals surface area (Å²) in [7, 11) is 0. The van der Waals surface area contributed by atoms with Gasteiger partial charge in [-0.25, -0.2) is 9.97 Å². The first-order valence-electron chi connectivity index (χ1n) is 5.00. The quantitative estimate of drug-likeness (QED) is 0.818. The van der Waals surface area contributed by atoms with E-state index in [0.717, 1.165) is 0 Å². The molecular weight excluding hydrogens is 198 g/mol. The Morgan fingerprint density at radius 2 is 2.07 bits per heavy atom. The molecule has 3 nitrogen and oxygen atoms in total. The zero-order valence-corrected chi connectivity index (χ0v) is 8.96. The Hall–Kier alpha value is -0.830. The van der Waals surface area contributed by atoms with E-state index < -0.39 is 0 Å². The highest BCUT2D eigenvalue weighted by molar-refractivity contribution is 6.30. The van der Waals surface area contributed by atoms with Gasteiger partial charge in [0, 0.05) is 6.04 Å². The molecule has 1 aliphatic carbocycles. The van der Waals surface area contributed by atoms with Crippen molar-refractivity contribution in [2.45, 2.75) is 32.2 Å². The van der Waals surface area contributed by atoms with Crippen LogP contribution in [0.5, 0.6) is 0 Å². The van der Waals surface area contributed by atoms with Crippen molar-refractivity contribution >= 4 is 17.5 Å². The molecule has 1 fully saturated rings. The number of hydrogen-bond acceptors (Lipinski definition) is 3. The molecule has 1 saturated carbocycles. The Morgan fingerprint density at radius 1 is 1.36 bits per heavy atom. The zero-order chi connectivity index (χ0) is 9.97. The van der Waals surface area contributed by atoms with E-state index in [-0.39, 0.29) is 0 Å². The van der Waals surface area contributed by atoms with Crippen LogP contribution >= 0.6 is 11.6 Å². The van der Waals surface area contributed by atoms with Gasteiger partial charge in [0.2, 0.25) is 5.95 Å². The number of rotatable bonds is 2. The number of hydrogen-bond donors (Lipinski definition) is 1. The van der Waals surface area contributed by atoms with E-state index in [4.69, 9.17) is 11.6 Å². The fourth-order valence-electron chi connectivity index (χ4n) is 1.91. The summed E-state index contributed by atoms with van der Waals surface area (Å²) in [4.78, 5) is 8.24. The minimum atomic E-state index is 0.524. The molecule has 1 heterocycles. The van der Waals surface area contributed by atoms with Gasteiger partial charge in [0.15, 0.2) is 0 Å². The first-order chi connectivity index (χ1) is 6.75. The predicted octanol–water partition coefficient (Wildman–Crippen LogP) is 2.73. The van der Waals surface area contributed by atoms with Gasteiger partial charge in [-0.3, -0.25) is 0 Å². The predicted molar refractivity (Wildman–Crippen MR) is 57.5 cm³/mol. The lowest BCUT2D eigenvalue weighted by molar-refractivity contribution is 0.553. The SMILES string of the molecule is CC1CCCC1Nc1ncc(Cl)cn1. The molecule has 2 rings (SSSR count). The minimum Gasteiger partial charge on any atom is -0.351 e. The number of nitrogens with zero attached hydrogens (tertiary/aromatic N) is 2. The molecule has 2 atom stereocenters. The lowest BCUT2D eigenvalue weighted by atomic mass is 10.1. The molecular formula is C10H14ClN3. The number of halogens is 1. The Bertz CT molecular complexity index is 299. The third-order valence-electron chi connectivity index (χ3n) is 2.80. The summed E-state index contributed by atoms with van der Waals surface area (Å²) in [5, 5.41) is 3.92. The lowest BCUT2D eigenvalue weighted by Crippen LogP contribution is -2.22. The second-order valence-electron chi connectivity index (χ2n) is 3.88. The Balaban J connectivity index is 2.00. The van der Waals surface area contributed by atoms with Gasteiger partial charge in [-0.15, -0.1) is 0 Å². The van der Waals surface area contributed by atoms with Crippen LogP contribution in [0.25, 0.3) is 0 Å². The zero-order valence-electron chi connectivity index (χ0n) is 8.20. The van der Waals surface area contributed by atoms with Crippen LogP contribution in [0.15, 0.2) is 12.4 Å². The van der Waals surface area contributed by atoms with E-state index in [1.807, 2.05) is 0 Å². The summed E-state index contributed by atoms with van der Waals surface area (Å²) in [6.07, 6.45) is 7.05. The van der Waals surface area contributed by atoms with Crippen LogP contribution in [0.4, 0.5) is 5.95 Å². The van der Waals surface area contributed by atoms with Crippen LogP contribution in [0.3, 0.4) is 0 Å². The maximum absolute atomic E-state index is 5.70. The fraction of sp³-hybridized carbons (Fsp3) is 0.600. The van der Waals surface area contributed by atoms with Crippen LogP contribution in [0, 0.1) is 5.92 Å². The first kappa shape index (κ1) is 9.71. The maximum atomic E-state index is 5.70. The van der Waals surface area contributed by atoms with Gasteiger partial charge < -0.3 is 5.32 Å². The average Bonchev–Trinajstić information content (AvgIpc) is 2.56. The molecule has 0 amide bonds. The van der Waals surface area contributed by atoms with E-state index in [9.17, 15) is 0 Å². The molecule has 0 spiro atoms. The molecule has 1 aromatic rings. The summed E-state index contributed by atoms with van der Waals surface area (Å²) < 4.78 is 0. The molecule has 0 saturated heterocycles. The summed E-state index contributed by atoms with van der Waals surface area (Å²) >= 11 is 5.70. The van der Waals surface area contributed by atoms with Crippen molar-refractivity contribution in [3.05, 3.63) is 17.4 Å². The van der Waals surface area contributed by atoms with Crippen LogP contribution in [0.2, 0.25) is 5.02 Å². The Kier molecular flexibility index (Phi) is 2.87. The highest BCUT2D eigenvalue weighted by Crippen LogP contribution is 2.26. The van der Waals surface area contributed by atoms with Gasteiger partial charge in [-0.05, 0) is 18.8 Å². The van der Waals surface area contributed by atoms with E-state index in [1.165, 1.54) is 19.3 Å². The number of aromatic nitrogens is 2. The van der Waals surface area contributed by atoms with Crippen molar-refractivity contribution in [1.29, 1.82) is 0 Å². The summed E-state index contributed by atoms with van der Waals surface area (Å²) in [6.45, 7) is 2.26. The van der Waals surface area contributed by atoms with Gasteiger partial charge in [-0.2, -0.15) is 0 Å². The van der Waals surface area contributed by atoms with Crippen molar-refractivity contribution in [1.82, 2.24) is 9.97 Å². The Morgan fingerprint density at radius 3 is 2.64 bits per heavy atom.